The Balaban J connectivity index is 2.39. The molecule has 0 aromatic carbocycles. The van der Waals surface area contributed by atoms with E-state index in [-0.39, 0.29) is 5.91 Å². The summed E-state index contributed by atoms with van der Waals surface area (Å²) in [4.78, 5) is 13.6. The van der Waals surface area contributed by atoms with Gasteiger partial charge in [-0.3, -0.25) is 4.79 Å². The molecular weight excluding hydrogens is 188 g/mol. The Morgan fingerprint density at radius 1 is 1.33 bits per heavy atom. The summed E-state index contributed by atoms with van der Waals surface area (Å²) in [5.41, 5.74) is 5.76. The van der Waals surface area contributed by atoms with Gasteiger partial charge in [0, 0.05) is 26.1 Å². The number of carbonyl (C=O) groups excluding carboxylic acids is 1. The smallest absolute Gasteiger partial charge is 0.223 e. The van der Waals surface area contributed by atoms with Crippen LogP contribution in [-0.4, -0.2) is 30.4 Å². The summed E-state index contributed by atoms with van der Waals surface area (Å²) in [6.45, 7) is 9.17. The van der Waals surface area contributed by atoms with Crippen molar-refractivity contribution in [3.8, 4) is 0 Å². The molecule has 0 atom stereocenters. The van der Waals surface area contributed by atoms with Crippen LogP contribution < -0.4 is 5.73 Å². The normalized spacial score (nSPS) is 19.3. The van der Waals surface area contributed by atoms with Crippen molar-refractivity contribution in [3.63, 3.8) is 0 Å². The molecule has 3 nitrogen and oxygen atoms in total. The molecule has 0 spiro atoms. The maximum absolute atomic E-state index is 11.6. The molecule has 88 valence electrons. The minimum atomic E-state index is 0.227. The molecule has 0 aromatic heterocycles. The third-order valence-electron chi connectivity index (χ3n) is 3.43. The summed E-state index contributed by atoms with van der Waals surface area (Å²) >= 11 is 0. The minimum absolute atomic E-state index is 0.227. The first kappa shape index (κ1) is 12.5. The molecule has 1 heterocycles. The van der Waals surface area contributed by atoms with E-state index in [4.69, 9.17) is 5.73 Å². The molecule has 0 saturated carbocycles. The highest BCUT2D eigenvalue weighted by Crippen LogP contribution is 2.34. The van der Waals surface area contributed by atoms with Crippen LogP contribution >= 0.6 is 0 Å². The summed E-state index contributed by atoms with van der Waals surface area (Å²) in [7, 11) is 0. The van der Waals surface area contributed by atoms with Gasteiger partial charge in [-0.25, -0.2) is 0 Å². The molecule has 1 amide bonds. The fraction of sp³-hybridized carbons (Fsp3) is 0.917. The number of piperidine rings is 1. The van der Waals surface area contributed by atoms with Gasteiger partial charge in [-0.1, -0.05) is 20.8 Å². The van der Waals surface area contributed by atoms with Crippen molar-refractivity contribution in [1.82, 2.24) is 4.90 Å². The van der Waals surface area contributed by atoms with E-state index in [1.54, 1.807) is 0 Å². The lowest BCUT2D eigenvalue weighted by atomic mass is 9.75. The number of rotatable bonds is 2. The Kier molecular flexibility index (Phi) is 4.14. The molecule has 1 aliphatic heterocycles. The number of carbonyl (C=O) groups is 1. The zero-order valence-corrected chi connectivity index (χ0v) is 10.3. The summed E-state index contributed by atoms with van der Waals surface area (Å²) < 4.78 is 0. The molecule has 1 saturated heterocycles. The predicted molar refractivity (Wildman–Crippen MR) is 62.4 cm³/mol. The van der Waals surface area contributed by atoms with Crippen molar-refractivity contribution in [2.45, 2.75) is 40.0 Å². The van der Waals surface area contributed by atoms with Crippen LogP contribution in [0.4, 0.5) is 0 Å². The first-order valence-corrected chi connectivity index (χ1v) is 5.93. The van der Waals surface area contributed by atoms with Crippen LogP contribution in [0.2, 0.25) is 0 Å². The maximum atomic E-state index is 11.6. The van der Waals surface area contributed by atoms with Gasteiger partial charge in [0.15, 0.2) is 0 Å². The van der Waals surface area contributed by atoms with Crippen LogP contribution in [0, 0.1) is 11.3 Å². The monoisotopic (exact) mass is 212 g/mol. The molecule has 0 aliphatic carbocycles. The SMILES string of the molecule is CC(C)(C)C1CCN(C(=O)CCN)CC1. The van der Waals surface area contributed by atoms with Gasteiger partial charge < -0.3 is 10.6 Å². The number of nitrogens with zero attached hydrogens (tertiary/aromatic N) is 1. The van der Waals surface area contributed by atoms with Crippen LogP contribution in [0.1, 0.15) is 40.0 Å². The van der Waals surface area contributed by atoms with E-state index in [9.17, 15) is 4.79 Å². The number of hydrogen-bond donors (Lipinski definition) is 1. The Hall–Kier alpha value is -0.570. The van der Waals surface area contributed by atoms with E-state index in [1.165, 1.54) is 0 Å². The van der Waals surface area contributed by atoms with Crippen LogP contribution in [-0.2, 0) is 4.79 Å². The highest BCUT2D eigenvalue weighted by molar-refractivity contribution is 5.76. The molecule has 0 unspecified atom stereocenters. The fourth-order valence-electron chi connectivity index (χ4n) is 2.28. The Morgan fingerprint density at radius 3 is 2.27 bits per heavy atom. The van der Waals surface area contributed by atoms with Crippen molar-refractivity contribution in [1.29, 1.82) is 0 Å². The zero-order chi connectivity index (χ0) is 11.5. The van der Waals surface area contributed by atoms with E-state index in [2.05, 4.69) is 20.8 Å². The van der Waals surface area contributed by atoms with E-state index in [0.29, 0.717) is 18.4 Å². The highest BCUT2D eigenvalue weighted by atomic mass is 16.2. The lowest BCUT2D eigenvalue weighted by Crippen LogP contribution is -2.41. The molecular formula is C12H24N2O. The van der Waals surface area contributed by atoms with E-state index < -0.39 is 0 Å². The average Bonchev–Trinajstić information content (AvgIpc) is 2.17. The van der Waals surface area contributed by atoms with Crippen molar-refractivity contribution in [2.24, 2.45) is 17.1 Å². The third-order valence-corrected chi connectivity index (χ3v) is 3.43. The Morgan fingerprint density at radius 2 is 1.87 bits per heavy atom. The fourth-order valence-corrected chi connectivity index (χ4v) is 2.28. The predicted octanol–water partition coefficient (Wildman–Crippen LogP) is 1.62. The van der Waals surface area contributed by atoms with Crippen LogP contribution in [0.3, 0.4) is 0 Å². The van der Waals surface area contributed by atoms with Crippen molar-refractivity contribution in [3.05, 3.63) is 0 Å². The van der Waals surface area contributed by atoms with Gasteiger partial charge in [0.2, 0.25) is 5.91 Å². The summed E-state index contributed by atoms with van der Waals surface area (Å²) in [5.74, 6) is 0.976. The van der Waals surface area contributed by atoms with Crippen molar-refractivity contribution >= 4 is 5.91 Å². The van der Waals surface area contributed by atoms with Crippen LogP contribution in [0.5, 0.6) is 0 Å². The summed E-state index contributed by atoms with van der Waals surface area (Å²) in [6, 6.07) is 0. The molecule has 0 aromatic rings. The molecule has 3 heteroatoms. The second-order valence-electron chi connectivity index (χ2n) is 5.56. The Labute approximate surface area is 93.0 Å². The molecule has 0 radical (unpaired) electrons. The molecule has 0 bridgehead atoms. The van der Waals surface area contributed by atoms with Gasteiger partial charge in [0.1, 0.15) is 0 Å². The van der Waals surface area contributed by atoms with Gasteiger partial charge in [0.05, 0.1) is 0 Å². The molecule has 1 fully saturated rings. The van der Waals surface area contributed by atoms with Crippen molar-refractivity contribution < 1.29 is 4.79 Å². The summed E-state index contributed by atoms with van der Waals surface area (Å²) in [5, 5.41) is 0. The van der Waals surface area contributed by atoms with Gasteiger partial charge in [-0.15, -0.1) is 0 Å². The van der Waals surface area contributed by atoms with Crippen LogP contribution in [0.15, 0.2) is 0 Å². The summed E-state index contributed by atoms with van der Waals surface area (Å²) in [6.07, 6.45) is 2.78. The zero-order valence-electron chi connectivity index (χ0n) is 10.3. The van der Waals surface area contributed by atoms with E-state index >= 15 is 0 Å². The molecule has 1 aliphatic rings. The molecule has 2 N–H and O–H groups in total. The number of hydrogen-bond acceptors (Lipinski definition) is 2. The number of nitrogens with two attached hydrogens (primary N) is 1. The standard InChI is InChI=1S/C12H24N2O/c1-12(2,3)10-5-8-14(9-6-10)11(15)4-7-13/h10H,4-9,13H2,1-3H3. The van der Waals surface area contributed by atoms with Crippen LogP contribution in [0.25, 0.3) is 0 Å². The lowest BCUT2D eigenvalue weighted by molar-refractivity contribution is -0.132. The largest absolute Gasteiger partial charge is 0.343 e. The first-order valence-electron chi connectivity index (χ1n) is 5.93. The van der Waals surface area contributed by atoms with Crippen molar-refractivity contribution in [2.75, 3.05) is 19.6 Å². The first-order chi connectivity index (χ1) is 6.95. The Bertz CT molecular complexity index is 212. The van der Waals surface area contributed by atoms with E-state index in [0.717, 1.165) is 31.8 Å². The lowest BCUT2D eigenvalue weighted by Gasteiger charge is -2.38. The second kappa shape index (κ2) is 4.97. The molecule has 1 rings (SSSR count). The number of amides is 1. The minimum Gasteiger partial charge on any atom is -0.343 e. The third kappa shape index (κ3) is 3.49. The maximum Gasteiger partial charge on any atom is 0.223 e. The van der Waals surface area contributed by atoms with Gasteiger partial charge in [-0.2, -0.15) is 0 Å². The molecule has 15 heavy (non-hydrogen) atoms. The van der Waals surface area contributed by atoms with Gasteiger partial charge >= 0.3 is 0 Å². The highest BCUT2D eigenvalue weighted by Gasteiger charge is 2.29. The number of likely N-dealkylation sites (tertiary alicyclic amines) is 1. The van der Waals surface area contributed by atoms with Gasteiger partial charge in [0.25, 0.3) is 0 Å². The van der Waals surface area contributed by atoms with Gasteiger partial charge in [-0.05, 0) is 24.2 Å². The second-order valence-corrected chi connectivity index (χ2v) is 5.56. The topological polar surface area (TPSA) is 46.3 Å². The quantitative estimate of drug-likeness (QED) is 0.756. The van der Waals surface area contributed by atoms with E-state index in [1.807, 2.05) is 4.90 Å². The average molecular weight is 212 g/mol.